The lowest BCUT2D eigenvalue weighted by atomic mass is 10.1. The van der Waals surface area contributed by atoms with E-state index in [-0.39, 0.29) is 5.71 Å². The number of carbonyl (C=O) groups excluding carboxylic acids is 1. The van der Waals surface area contributed by atoms with E-state index in [1.807, 2.05) is 0 Å². The Morgan fingerprint density at radius 1 is 1.77 bits per heavy atom. The first kappa shape index (κ1) is 9.80. The quantitative estimate of drug-likeness (QED) is 0.445. The fourth-order valence-electron chi connectivity index (χ4n) is 0.899. The van der Waals surface area contributed by atoms with E-state index in [1.54, 1.807) is 17.5 Å². The van der Waals surface area contributed by atoms with E-state index in [4.69, 9.17) is 5.53 Å². The van der Waals surface area contributed by atoms with Gasteiger partial charge in [-0.3, -0.25) is 4.79 Å². The van der Waals surface area contributed by atoms with Gasteiger partial charge < -0.3 is 10.6 Å². The van der Waals surface area contributed by atoms with Crippen LogP contribution in [0.1, 0.15) is 17.9 Å². The third kappa shape index (κ3) is 2.09. The van der Waals surface area contributed by atoms with Crippen molar-refractivity contribution >= 4 is 22.8 Å². The molecule has 0 aliphatic carbocycles. The summed E-state index contributed by atoms with van der Waals surface area (Å²) in [7, 11) is 0. The molecule has 68 valence electrons. The maximum absolute atomic E-state index is 10.9. The second-order valence-electron chi connectivity index (χ2n) is 2.46. The highest BCUT2D eigenvalue weighted by molar-refractivity contribution is 7.10. The van der Waals surface area contributed by atoms with E-state index in [2.05, 4.69) is 4.79 Å². The highest BCUT2D eigenvalue weighted by Crippen LogP contribution is 2.19. The summed E-state index contributed by atoms with van der Waals surface area (Å²) in [5.41, 5.74) is 8.24. The van der Waals surface area contributed by atoms with Crippen LogP contribution in [0.3, 0.4) is 0 Å². The van der Waals surface area contributed by atoms with Gasteiger partial charge in [0.2, 0.25) is 5.78 Å². The second-order valence-corrected chi connectivity index (χ2v) is 3.44. The zero-order chi connectivity index (χ0) is 9.84. The Hall–Kier alpha value is -1.29. The molecule has 1 heterocycles. The predicted molar refractivity (Wildman–Crippen MR) is 48.6 cm³/mol. The second kappa shape index (κ2) is 4.09. The Kier molecular flexibility index (Phi) is 3.08. The summed E-state index contributed by atoms with van der Waals surface area (Å²) in [5.74, 6) is -0.441. The third-order valence-electron chi connectivity index (χ3n) is 1.54. The molecule has 5 heteroatoms. The van der Waals surface area contributed by atoms with E-state index in [9.17, 15) is 9.90 Å². The largest absolute Gasteiger partial charge is 0.376 e. The number of hydrogen-bond donors (Lipinski definition) is 1. The van der Waals surface area contributed by atoms with E-state index >= 15 is 0 Å². The van der Waals surface area contributed by atoms with Crippen molar-refractivity contribution in [2.24, 2.45) is 0 Å². The van der Waals surface area contributed by atoms with Gasteiger partial charge in [-0.2, -0.15) is 4.79 Å². The smallest absolute Gasteiger partial charge is 0.367 e. The minimum Gasteiger partial charge on any atom is -0.376 e. The van der Waals surface area contributed by atoms with Crippen LogP contribution in [-0.2, 0) is 4.79 Å². The topological polar surface area (TPSA) is 73.7 Å². The highest BCUT2D eigenvalue weighted by atomic mass is 32.1. The number of hydrogen-bond acceptors (Lipinski definition) is 3. The molecule has 0 aliphatic rings. The summed E-state index contributed by atoms with van der Waals surface area (Å²) >= 11 is 1.30. The van der Waals surface area contributed by atoms with E-state index in [1.165, 1.54) is 18.3 Å². The summed E-state index contributed by atoms with van der Waals surface area (Å²) in [6.07, 6.45) is -1.12. The van der Waals surface area contributed by atoms with Gasteiger partial charge in [0, 0.05) is 11.8 Å². The number of rotatable bonds is 3. The fourth-order valence-corrected chi connectivity index (χ4v) is 1.61. The zero-order valence-electron chi connectivity index (χ0n) is 6.97. The first-order valence-electron chi connectivity index (χ1n) is 3.61. The van der Waals surface area contributed by atoms with Crippen LogP contribution >= 0.6 is 11.3 Å². The van der Waals surface area contributed by atoms with E-state index < -0.39 is 11.9 Å². The molecule has 0 fully saturated rings. The summed E-state index contributed by atoms with van der Waals surface area (Å²) in [4.78, 5) is 14.2. The number of carbonyl (C=O) groups is 1. The molecule has 1 aromatic heterocycles. The molecule has 0 aliphatic heterocycles. The Morgan fingerprint density at radius 3 is 2.85 bits per heavy atom. The van der Waals surface area contributed by atoms with Crippen LogP contribution in [0.2, 0.25) is 0 Å². The van der Waals surface area contributed by atoms with Crippen molar-refractivity contribution in [1.29, 1.82) is 0 Å². The van der Waals surface area contributed by atoms with Crippen molar-refractivity contribution in [1.82, 2.24) is 0 Å². The molecule has 1 unspecified atom stereocenters. The molecule has 1 N–H and O–H groups in total. The van der Waals surface area contributed by atoms with Gasteiger partial charge in [0.15, 0.2) is 6.10 Å². The first-order chi connectivity index (χ1) is 6.16. The van der Waals surface area contributed by atoms with Crippen LogP contribution < -0.4 is 0 Å². The maximum atomic E-state index is 10.9. The van der Waals surface area contributed by atoms with Gasteiger partial charge in [0.1, 0.15) is 0 Å². The lowest BCUT2D eigenvalue weighted by Gasteiger charge is -1.99. The predicted octanol–water partition coefficient (Wildman–Crippen LogP) is 1.04. The van der Waals surface area contributed by atoms with Crippen LogP contribution in [0.15, 0.2) is 17.5 Å². The molecule has 1 rings (SSSR count). The molecule has 13 heavy (non-hydrogen) atoms. The molecular weight excluding hydrogens is 188 g/mol. The Labute approximate surface area is 79.1 Å². The van der Waals surface area contributed by atoms with Gasteiger partial charge >= 0.3 is 5.71 Å². The number of nitrogens with zero attached hydrogens (tertiary/aromatic N) is 2. The van der Waals surface area contributed by atoms with Crippen molar-refractivity contribution in [3.8, 4) is 0 Å². The molecular formula is C8H8N2O2S. The van der Waals surface area contributed by atoms with Gasteiger partial charge in [-0.25, -0.2) is 0 Å². The summed E-state index contributed by atoms with van der Waals surface area (Å²) in [5, 5.41) is 11.3. The Balaban J connectivity index is 2.96. The first-order valence-corrected chi connectivity index (χ1v) is 4.49. The van der Waals surface area contributed by atoms with Gasteiger partial charge in [-0.1, -0.05) is 6.07 Å². The summed E-state index contributed by atoms with van der Waals surface area (Å²) in [6, 6.07) is 3.42. The molecule has 0 spiro atoms. The minimum atomic E-state index is -1.12. The molecule has 0 radical (unpaired) electrons. The van der Waals surface area contributed by atoms with Crippen molar-refractivity contribution in [3.63, 3.8) is 0 Å². The van der Waals surface area contributed by atoms with Crippen LogP contribution in [0.5, 0.6) is 0 Å². The molecule has 0 saturated carbocycles. The number of Topliss-reactive ketones (excluding diaryl/α,β-unsaturated/α-hetero) is 1. The molecule has 0 saturated heterocycles. The molecule has 0 amide bonds. The van der Waals surface area contributed by atoms with Crippen LogP contribution in [-0.4, -0.2) is 21.4 Å². The van der Waals surface area contributed by atoms with E-state index in [0.29, 0.717) is 4.88 Å². The summed E-state index contributed by atoms with van der Waals surface area (Å²) < 4.78 is 0. The van der Waals surface area contributed by atoms with Crippen molar-refractivity contribution in [2.45, 2.75) is 13.0 Å². The Morgan fingerprint density at radius 2 is 2.46 bits per heavy atom. The average Bonchev–Trinajstić information content (AvgIpc) is 2.56. The molecule has 1 atom stereocenters. The minimum absolute atomic E-state index is 0.234. The lowest BCUT2D eigenvalue weighted by molar-refractivity contribution is -0.116. The van der Waals surface area contributed by atoms with Gasteiger partial charge in [-0.05, 0) is 11.4 Å². The van der Waals surface area contributed by atoms with Gasteiger partial charge in [0.05, 0.1) is 0 Å². The van der Waals surface area contributed by atoms with Crippen molar-refractivity contribution in [3.05, 3.63) is 27.9 Å². The SMILES string of the molecule is CC(=O)C(=[N+]=[N-])C(O)c1cccs1. The Bertz CT molecular complexity index is 352. The van der Waals surface area contributed by atoms with Crippen molar-refractivity contribution in [2.75, 3.05) is 0 Å². The maximum Gasteiger partial charge on any atom is 0.367 e. The van der Waals surface area contributed by atoms with Crippen LogP contribution in [0.25, 0.3) is 5.53 Å². The van der Waals surface area contributed by atoms with Gasteiger partial charge in [-0.15, -0.1) is 11.3 Å². The third-order valence-corrected chi connectivity index (χ3v) is 2.46. The van der Waals surface area contributed by atoms with E-state index in [0.717, 1.165) is 0 Å². The average molecular weight is 196 g/mol. The lowest BCUT2D eigenvalue weighted by Crippen LogP contribution is -2.20. The molecule has 4 nitrogen and oxygen atoms in total. The number of aliphatic hydroxyl groups excluding tert-OH is 1. The van der Waals surface area contributed by atoms with Gasteiger partial charge in [0.25, 0.3) is 0 Å². The van der Waals surface area contributed by atoms with Crippen LogP contribution in [0, 0.1) is 0 Å². The van der Waals surface area contributed by atoms with Crippen molar-refractivity contribution < 1.29 is 14.7 Å². The number of thiophene rings is 1. The number of ketones is 1. The monoisotopic (exact) mass is 196 g/mol. The molecule has 0 aromatic carbocycles. The normalized spacial score (nSPS) is 11.8. The fraction of sp³-hybridized carbons (Fsp3) is 0.250. The summed E-state index contributed by atoms with van der Waals surface area (Å²) in [6.45, 7) is 1.24. The molecule has 0 bridgehead atoms. The highest BCUT2D eigenvalue weighted by Gasteiger charge is 2.27. The standard InChI is InChI=1S/C8H8N2O2S/c1-5(11)7(10-9)8(12)6-3-2-4-13-6/h2-4,8,12H,1H3. The van der Waals surface area contributed by atoms with Crippen LogP contribution in [0.4, 0.5) is 0 Å². The number of aliphatic hydroxyl groups is 1. The zero-order valence-corrected chi connectivity index (χ0v) is 7.78. The molecule has 1 aromatic rings.